The van der Waals surface area contributed by atoms with Crippen LogP contribution < -0.4 is 9.64 Å². The van der Waals surface area contributed by atoms with E-state index in [4.69, 9.17) is 4.74 Å². The summed E-state index contributed by atoms with van der Waals surface area (Å²) in [6.45, 7) is 4.13. The second-order valence-electron chi connectivity index (χ2n) is 8.43. The molecule has 5 rings (SSSR count). The Bertz CT molecular complexity index is 1510. The second-order valence-corrected chi connectivity index (χ2v) is 11.6. The molecule has 2 aromatic carbocycles. The maximum absolute atomic E-state index is 13.5. The lowest BCUT2D eigenvalue weighted by atomic mass is 9.95. The number of aromatic nitrogens is 2. The number of phenolic OH excluding ortho intramolecular Hbond substituents is 1. The molecule has 0 saturated carbocycles. The molecule has 4 aromatic rings. The van der Waals surface area contributed by atoms with Crippen molar-refractivity contribution in [2.45, 2.75) is 30.0 Å². The minimum absolute atomic E-state index is 0.0605. The number of Topliss-reactive ketones (excluding diaryl/α,β-unsaturated/α-hetero) is 1. The third-order valence-corrected chi connectivity index (χ3v) is 8.88. The predicted molar refractivity (Wildman–Crippen MR) is 148 cm³/mol. The molecule has 1 aliphatic heterocycles. The average Bonchev–Trinajstić information content (AvgIpc) is 3.66. The highest BCUT2D eigenvalue weighted by atomic mass is 32.2. The molecule has 8 nitrogen and oxygen atoms in total. The molecule has 1 atom stereocenters. The molecule has 3 heterocycles. The molecular weight excluding hydrogens is 543 g/mol. The number of aromatic hydroxyl groups is 1. The first-order valence-electron chi connectivity index (χ1n) is 11.7. The number of carbonyl (C=O) groups is 2. The summed E-state index contributed by atoms with van der Waals surface area (Å²) in [5, 5.41) is 31.7. The van der Waals surface area contributed by atoms with Crippen LogP contribution in [-0.2, 0) is 10.5 Å². The van der Waals surface area contributed by atoms with Crippen molar-refractivity contribution in [1.29, 1.82) is 0 Å². The van der Waals surface area contributed by atoms with Gasteiger partial charge in [0.1, 0.15) is 0 Å². The number of aliphatic hydroxyl groups excluding tert-OH is 1. The maximum Gasteiger partial charge on any atom is 0.296 e. The van der Waals surface area contributed by atoms with Gasteiger partial charge in [-0.15, -0.1) is 21.5 Å². The number of carbonyl (C=O) groups excluding carboxylic acids is 2. The van der Waals surface area contributed by atoms with Crippen LogP contribution in [0.15, 0.2) is 75.6 Å². The van der Waals surface area contributed by atoms with Crippen molar-refractivity contribution in [2.75, 3.05) is 11.5 Å². The number of amides is 1. The van der Waals surface area contributed by atoms with Gasteiger partial charge in [0.05, 0.1) is 23.1 Å². The van der Waals surface area contributed by atoms with Crippen molar-refractivity contribution in [2.24, 2.45) is 0 Å². The van der Waals surface area contributed by atoms with E-state index in [0.29, 0.717) is 27.1 Å². The van der Waals surface area contributed by atoms with Crippen molar-refractivity contribution < 1.29 is 24.5 Å². The summed E-state index contributed by atoms with van der Waals surface area (Å²) >= 11 is 3.91. The largest absolute Gasteiger partial charge is 0.504 e. The molecule has 1 unspecified atom stereocenters. The van der Waals surface area contributed by atoms with Gasteiger partial charge < -0.3 is 14.9 Å². The number of ketones is 1. The lowest BCUT2D eigenvalue weighted by Crippen LogP contribution is -2.31. The van der Waals surface area contributed by atoms with Gasteiger partial charge in [-0.25, -0.2) is 0 Å². The topological polar surface area (TPSA) is 113 Å². The number of hydrogen-bond acceptors (Lipinski definition) is 10. The van der Waals surface area contributed by atoms with Crippen LogP contribution in [0.1, 0.15) is 39.3 Å². The van der Waals surface area contributed by atoms with Crippen LogP contribution in [0.2, 0.25) is 0 Å². The number of phenols is 1. The number of benzene rings is 2. The molecule has 1 aliphatic rings. The predicted octanol–water partition coefficient (Wildman–Crippen LogP) is 6.09. The molecule has 38 heavy (non-hydrogen) atoms. The molecule has 2 N–H and O–H groups in total. The van der Waals surface area contributed by atoms with Crippen LogP contribution in [0.25, 0.3) is 0 Å². The number of ether oxygens (including phenoxy) is 1. The first-order chi connectivity index (χ1) is 18.4. The quantitative estimate of drug-likeness (QED) is 0.142. The average molecular weight is 566 g/mol. The highest BCUT2D eigenvalue weighted by Gasteiger charge is 2.46. The molecular formula is C27H23N3O5S3. The van der Waals surface area contributed by atoms with Crippen LogP contribution in [0.3, 0.4) is 0 Å². The molecule has 1 amide bonds. The van der Waals surface area contributed by atoms with E-state index in [0.717, 1.165) is 5.56 Å². The van der Waals surface area contributed by atoms with Crippen LogP contribution in [0, 0.1) is 6.92 Å². The van der Waals surface area contributed by atoms with Gasteiger partial charge in [-0.05, 0) is 48.6 Å². The molecule has 0 bridgehead atoms. The van der Waals surface area contributed by atoms with E-state index in [1.54, 1.807) is 36.6 Å². The standard InChI is InChI=1S/C27H23N3O5S3/c1-3-35-19-13-17(10-11-18(19)31)22-21(23(32)20-5-4-12-36-20)24(33)25(34)30(22)26-28-29-27(38-26)37-14-16-8-6-15(2)7-9-16/h4-13,22,31,33H,3,14H2,1-2H3. The summed E-state index contributed by atoms with van der Waals surface area (Å²) < 4.78 is 6.19. The van der Waals surface area contributed by atoms with Crippen molar-refractivity contribution in [3.8, 4) is 11.5 Å². The Morgan fingerprint density at radius 2 is 1.92 bits per heavy atom. The molecule has 0 spiro atoms. The Hall–Kier alpha value is -3.67. The zero-order valence-electron chi connectivity index (χ0n) is 20.5. The van der Waals surface area contributed by atoms with Gasteiger partial charge in [0.2, 0.25) is 10.9 Å². The van der Waals surface area contributed by atoms with E-state index < -0.39 is 23.5 Å². The number of rotatable bonds is 9. The van der Waals surface area contributed by atoms with Gasteiger partial charge in [0.15, 0.2) is 21.6 Å². The number of aliphatic hydroxyl groups is 1. The number of nitrogens with zero attached hydrogens (tertiary/aromatic N) is 3. The fraction of sp³-hybridized carbons (Fsp3) is 0.185. The summed E-state index contributed by atoms with van der Waals surface area (Å²) in [6, 6.07) is 15.2. The van der Waals surface area contributed by atoms with Gasteiger partial charge in [0, 0.05) is 5.75 Å². The maximum atomic E-state index is 13.5. The van der Waals surface area contributed by atoms with E-state index in [1.165, 1.54) is 51.0 Å². The third-order valence-electron chi connectivity index (χ3n) is 5.88. The van der Waals surface area contributed by atoms with E-state index in [-0.39, 0.29) is 22.2 Å². The third kappa shape index (κ3) is 5.04. The van der Waals surface area contributed by atoms with Gasteiger partial charge in [-0.1, -0.05) is 65.1 Å². The van der Waals surface area contributed by atoms with E-state index >= 15 is 0 Å². The number of aryl methyl sites for hydroxylation is 1. The minimum atomic E-state index is -0.986. The summed E-state index contributed by atoms with van der Waals surface area (Å²) in [5.41, 5.74) is 2.72. The zero-order chi connectivity index (χ0) is 26.8. The molecule has 0 saturated heterocycles. The molecule has 2 aromatic heterocycles. The smallest absolute Gasteiger partial charge is 0.296 e. The van der Waals surface area contributed by atoms with E-state index in [1.807, 2.05) is 19.1 Å². The number of anilines is 1. The van der Waals surface area contributed by atoms with E-state index in [2.05, 4.69) is 22.3 Å². The van der Waals surface area contributed by atoms with Crippen LogP contribution in [0.5, 0.6) is 11.5 Å². The Morgan fingerprint density at radius 1 is 1.13 bits per heavy atom. The molecule has 0 aliphatic carbocycles. The van der Waals surface area contributed by atoms with Crippen LogP contribution >= 0.6 is 34.4 Å². The van der Waals surface area contributed by atoms with Crippen molar-refractivity contribution >= 4 is 51.3 Å². The zero-order valence-corrected chi connectivity index (χ0v) is 22.9. The molecule has 0 radical (unpaired) electrons. The SMILES string of the molecule is CCOc1cc(C2C(C(=O)c3cccs3)=C(O)C(=O)N2c2nnc(SCc3ccc(C)cc3)s2)ccc1O. The Morgan fingerprint density at radius 3 is 2.63 bits per heavy atom. The molecule has 11 heteroatoms. The van der Waals surface area contributed by atoms with Gasteiger partial charge in [-0.3, -0.25) is 14.5 Å². The Kier molecular flexibility index (Phi) is 7.50. The van der Waals surface area contributed by atoms with E-state index in [9.17, 15) is 19.8 Å². The summed E-state index contributed by atoms with van der Waals surface area (Å²) in [7, 11) is 0. The fourth-order valence-electron chi connectivity index (χ4n) is 4.05. The minimum Gasteiger partial charge on any atom is -0.504 e. The van der Waals surface area contributed by atoms with Crippen molar-refractivity contribution in [1.82, 2.24) is 10.2 Å². The Balaban J connectivity index is 1.51. The van der Waals surface area contributed by atoms with Gasteiger partial charge in [0.25, 0.3) is 5.91 Å². The number of thiophene rings is 1. The lowest BCUT2D eigenvalue weighted by molar-refractivity contribution is -0.117. The summed E-state index contributed by atoms with van der Waals surface area (Å²) in [5.74, 6) is -1.03. The number of thioether (sulfide) groups is 1. The summed E-state index contributed by atoms with van der Waals surface area (Å²) in [4.78, 5) is 28.6. The van der Waals surface area contributed by atoms with Crippen LogP contribution in [0.4, 0.5) is 5.13 Å². The molecule has 194 valence electrons. The van der Waals surface area contributed by atoms with Crippen molar-refractivity contribution in [3.05, 3.63) is 92.9 Å². The van der Waals surface area contributed by atoms with Gasteiger partial charge >= 0.3 is 0 Å². The van der Waals surface area contributed by atoms with Gasteiger partial charge in [-0.2, -0.15) is 0 Å². The highest BCUT2D eigenvalue weighted by molar-refractivity contribution is 8.00. The first kappa shape index (κ1) is 26.0. The normalized spacial score (nSPS) is 15.4. The monoisotopic (exact) mass is 565 g/mol. The van der Waals surface area contributed by atoms with Crippen LogP contribution in [-0.4, -0.2) is 38.7 Å². The molecule has 0 fully saturated rings. The fourth-order valence-corrected chi connectivity index (χ4v) is 6.55. The Labute approximate surface area is 231 Å². The summed E-state index contributed by atoms with van der Waals surface area (Å²) in [6.07, 6.45) is 0. The lowest BCUT2D eigenvalue weighted by Gasteiger charge is -2.24. The number of hydrogen-bond donors (Lipinski definition) is 2. The second kappa shape index (κ2) is 11.0. The van der Waals surface area contributed by atoms with Crippen molar-refractivity contribution in [3.63, 3.8) is 0 Å². The first-order valence-corrected chi connectivity index (χ1v) is 14.4. The highest BCUT2D eigenvalue weighted by Crippen LogP contribution is 2.45.